The third-order valence-electron chi connectivity index (χ3n) is 5.04. The second-order valence-electron chi connectivity index (χ2n) is 7.50. The molecular formula is C24H24ClN5OS2. The highest BCUT2D eigenvalue weighted by atomic mass is 35.5. The van der Waals surface area contributed by atoms with Crippen molar-refractivity contribution >= 4 is 40.6 Å². The first kappa shape index (κ1) is 23.5. The summed E-state index contributed by atoms with van der Waals surface area (Å²) >= 11 is 8.96. The zero-order chi connectivity index (χ0) is 23.4. The molecule has 33 heavy (non-hydrogen) atoms. The first-order valence-corrected chi connectivity index (χ1v) is 12.7. The molecule has 6 nitrogen and oxygen atoms in total. The van der Waals surface area contributed by atoms with Crippen molar-refractivity contribution in [2.45, 2.75) is 39.0 Å². The fourth-order valence-electron chi connectivity index (χ4n) is 3.44. The molecule has 0 fully saturated rings. The van der Waals surface area contributed by atoms with Gasteiger partial charge in [0.1, 0.15) is 5.01 Å². The minimum absolute atomic E-state index is 0.0661. The number of benzene rings is 2. The normalized spacial score (nSPS) is 11.0. The number of halogens is 1. The number of thiazole rings is 1. The summed E-state index contributed by atoms with van der Waals surface area (Å²) in [4.78, 5) is 18.3. The third kappa shape index (κ3) is 5.63. The minimum Gasteiger partial charge on any atom is -0.349 e. The monoisotopic (exact) mass is 497 g/mol. The predicted octanol–water partition coefficient (Wildman–Crippen LogP) is 5.77. The Morgan fingerprint density at radius 3 is 2.64 bits per heavy atom. The summed E-state index contributed by atoms with van der Waals surface area (Å²) in [7, 11) is 0. The lowest BCUT2D eigenvalue weighted by Gasteiger charge is -2.08. The lowest BCUT2D eigenvalue weighted by atomic mass is 10.1. The van der Waals surface area contributed by atoms with Crippen molar-refractivity contribution in [1.29, 1.82) is 0 Å². The van der Waals surface area contributed by atoms with Crippen LogP contribution < -0.4 is 5.32 Å². The van der Waals surface area contributed by atoms with Gasteiger partial charge in [0.25, 0.3) is 0 Å². The first-order valence-electron chi connectivity index (χ1n) is 10.6. The second kappa shape index (κ2) is 10.5. The van der Waals surface area contributed by atoms with Crippen LogP contribution in [0.4, 0.5) is 0 Å². The molecule has 0 atom stereocenters. The summed E-state index contributed by atoms with van der Waals surface area (Å²) < 4.78 is 2.04. The number of hydrogen-bond acceptors (Lipinski definition) is 6. The van der Waals surface area contributed by atoms with Gasteiger partial charge in [-0.15, -0.1) is 21.5 Å². The number of hydrogen-bond donors (Lipinski definition) is 1. The van der Waals surface area contributed by atoms with Gasteiger partial charge in [0.2, 0.25) is 5.91 Å². The van der Waals surface area contributed by atoms with Crippen molar-refractivity contribution in [3.8, 4) is 22.6 Å². The number of nitrogens with one attached hydrogen (secondary N) is 1. The number of amides is 1. The van der Waals surface area contributed by atoms with Gasteiger partial charge in [0, 0.05) is 27.6 Å². The molecule has 4 rings (SSSR count). The van der Waals surface area contributed by atoms with Gasteiger partial charge in [0.15, 0.2) is 11.0 Å². The molecule has 0 radical (unpaired) electrons. The average molecular weight is 498 g/mol. The number of carbonyl (C=O) groups is 1. The number of thioether (sulfide) groups is 1. The maximum absolute atomic E-state index is 12.5. The number of carbonyl (C=O) groups excluding carboxylic acids is 1. The standard InChI is InChI=1S/C24H24ClN5OS2/c1-4-30-23(18-7-5-6-15(2)12-18)28-29-24(30)32-14-20(31)26-13-21-27-22(16(3)33-21)17-8-10-19(25)11-9-17/h5-12H,4,13-14H2,1-3H3,(H,26,31). The van der Waals surface area contributed by atoms with Crippen molar-refractivity contribution in [1.82, 2.24) is 25.1 Å². The molecule has 0 aliphatic carbocycles. The zero-order valence-electron chi connectivity index (χ0n) is 18.6. The van der Waals surface area contributed by atoms with Crippen molar-refractivity contribution < 1.29 is 4.79 Å². The Morgan fingerprint density at radius 1 is 1.12 bits per heavy atom. The summed E-state index contributed by atoms with van der Waals surface area (Å²) in [5, 5.41) is 13.9. The Bertz CT molecular complexity index is 1270. The van der Waals surface area contributed by atoms with E-state index in [0.717, 1.165) is 44.2 Å². The van der Waals surface area contributed by atoms with Crippen LogP contribution in [0.3, 0.4) is 0 Å². The molecule has 170 valence electrons. The van der Waals surface area contributed by atoms with Crippen molar-refractivity contribution in [2.75, 3.05) is 5.75 Å². The van der Waals surface area contributed by atoms with E-state index in [9.17, 15) is 4.79 Å². The summed E-state index contributed by atoms with van der Waals surface area (Å²) in [6.07, 6.45) is 0. The van der Waals surface area contributed by atoms with Crippen LogP contribution in [0.15, 0.2) is 53.7 Å². The highest BCUT2D eigenvalue weighted by molar-refractivity contribution is 7.99. The maximum Gasteiger partial charge on any atom is 0.230 e. The Hall–Kier alpha value is -2.68. The van der Waals surface area contributed by atoms with E-state index in [4.69, 9.17) is 16.6 Å². The molecule has 0 aliphatic rings. The Morgan fingerprint density at radius 2 is 1.91 bits per heavy atom. The van der Waals surface area contributed by atoms with Gasteiger partial charge in [-0.3, -0.25) is 4.79 Å². The second-order valence-corrected chi connectivity index (χ2v) is 10.2. The first-order chi connectivity index (χ1) is 15.9. The fourth-order valence-corrected chi connectivity index (χ4v) is 5.29. The Balaban J connectivity index is 1.36. The van der Waals surface area contributed by atoms with Gasteiger partial charge >= 0.3 is 0 Å². The molecule has 0 saturated carbocycles. The zero-order valence-corrected chi connectivity index (χ0v) is 21.0. The van der Waals surface area contributed by atoms with Crippen LogP contribution in [0.2, 0.25) is 5.02 Å². The molecule has 0 unspecified atom stereocenters. The molecule has 9 heteroatoms. The topological polar surface area (TPSA) is 72.7 Å². The van der Waals surface area contributed by atoms with Crippen LogP contribution in [0.25, 0.3) is 22.6 Å². The highest BCUT2D eigenvalue weighted by Crippen LogP contribution is 2.28. The summed E-state index contributed by atoms with van der Waals surface area (Å²) in [5.41, 5.74) is 4.14. The van der Waals surface area contributed by atoms with Crippen LogP contribution in [0, 0.1) is 13.8 Å². The molecular weight excluding hydrogens is 474 g/mol. The number of rotatable bonds is 8. The van der Waals surface area contributed by atoms with Gasteiger partial charge in [-0.05, 0) is 39.0 Å². The van der Waals surface area contributed by atoms with Crippen LogP contribution in [-0.4, -0.2) is 31.4 Å². The average Bonchev–Trinajstić information content (AvgIpc) is 3.39. The highest BCUT2D eigenvalue weighted by Gasteiger charge is 2.15. The molecule has 0 spiro atoms. The molecule has 2 aromatic carbocycles. The number of aromatic nitrogens is 4. The molecule has 0 aliphatic heterocycles. The van der Waals surface area contributed by atoms with E-state index in [1.165, 1.54) is 17.3 Å². The minimum atomic E-state index is -0.0661. The number of nitrogens with zero attached hydrogens (tertiary/aromatic N) is 4. The molecule has 4 aromatic rings. The summed E-state index contributed by atoms with van der Waals surface area (Å²) in [5.74, 6) is 1.01. The smallest absolute Gasteiger partial charge is 0.230 e. The third-order valence-corrected chi connectivity index (χ3v) is 7.23. The van der Waals surface area contributed by atoms with Gasteiger partial charge in [0.05, 0.1) is 18.0 Å². The van der Waals surface area contributed by atoms with Crippen molar-refractivity contribution in [2.24, 2.45) is 0 Å². The molecule has 0 saturated heterocycles. The lowest BCUT2D eigenvalue weighted by molar-refractivity contribution is -0.118. The van der Waals surface area contributed by atoms with E-state index in [1.807, 2.05) is 47.9 Å². The van der Waals surface area contributed by atoms with Crippen molar-refractivity contribution in [3.63, 3.8) is 0 Å². The molecule has 2 aromatic heterocycles. The molecule has 0 bridgehead atoms. The number of aryl methyl sites for hydroxylation is 2. The van der Waals surface area contributed by atoms with Crippen LogP contribution in [-0.2, 0) is 17.9 Å². The summed E-state index contributed by atoms with van der Waals surface area (Å²) in [6, 6.07) is 15.8. The lowest BCUT2D eigenvalue weighted by Crippen LogP contribution is -2.24. The van der Waals surface area contributed by atoms with Gasteiger partial charge in [-0.2, -0.15) is 0 Å². The Labute approximate surface area is 206 Å². The molecule has 2 heterocycles. The quantitative estimate of drug-likeness (QED) is 0.313. The van der Waals surface area contributed by atoms with Gasteiger partial charge in [-0.1, -0.05) is 59.3 Å². The summed E-state index contributed by atoms with van der Waals surface area (Å²) in [6.45, 7) is 7.26. The molecule has 1 N–H and O–H groups in total. The van der Waals surface area contributed by atoms with E-state index in [0.29, 0.717) is 11.6 Å². The van der Waals surface area contributed by atoms with Crippen LogP contribution >= 0.6 is 34.7 Å². The fraction of sp³-hybridized carbons (Fsp3) is 0.250. The molecule has 1 amide bonds. The van der Waals surface area contributed by atoms with Crippen LogP contribution in [0.1, 0.15) is 22.4 Å². The maximum atomic E-state index is 12.5. The Kier molecular flexibility index (Phi) is 7.47. The van der Waals surface area contributed by atoms with E-state index in [-0.39, 0.29) is 11.7 Å². The van der Waals surface area contributed by atoms with E-state index >= 15 is 0 Å². The van der Waals surface area contributed by atoms with E-state index in [1.54, 1.807) is 11.3 Å². The van der Waals surface area contributed by atoms with E-state index < -0.39 is 0 Å². The van der Waals surface area contributed by atoms with Crippen molar-refractivity contribution in [3.05, 3.63) is 69.0 Å². The van der Waals surface area contributed by atoms with Crippen LogP contribution in [0.5, 0.6) is 0 Å². The van der Waals surface area contributed by atoms with Gasteiger partial charge < -0.3 is 9.88 Å². The predicted molar refractivity (Wildman–Crippen MR) is 136 cm³/mol. The van der Waals surface area contributed by atoms with E-state index in [2.05, 4.69) is 41.5 Å². The largest absolute Gasteiger partial charge is 0.349 e. The SMILES string of the molecule is CCn1c(SCC(=O)NCc2nc(-c3ccc(Cl)cc3)c(C)s2)nnc1-c1cccc(C)c1. The van der Waals surface area contributed by atoms with Gasteiger partial charge in [-0.25, -0.2) is 4.98 Å².